The van der Waals surface area contributed by atoms with E-state index in [4.69, 9.17) is 0 Å². The van der Waals surface area contributed by atoms with E-state index in [-0.39, 0.29) is 5.56 Å². The molecule has 0 radical (unpaired) electrons. The molecule has 0 amide bonds. The molecule has 1 unspecified atom stereocenters. The van der Waals surface area contributed by atoms with Crippen LogP contribution in [0.3, 0.4) is 0 Å². The first-order valence-corrected chi connectivity index (χ1v) is 5.87. The van der Waals surface area contributed by atoms with E-state index < -0.39 is 29.1 Å². The molecular formula is C13H8BrF3O. The molecule has 94 valence electrons. The van der Waals surface area contributed by atoms with Crippen molar-refractivity contribution in [2.45, 2.75) is 6.10 Å². The highest BCUT2D eigenvalue weighted by atomic mass is 79.9. The molecule has 0 aliphatic carbocycles. The van der Waals surface area contributed by atoms with Crippen LogP contribution in [0.5, 0.6) is 0 Å². The Morgan fingerprint density at radius 3 is 2.17 bits per heavy atom. The minimum Gasteiger partial charge on any atom is -0.383 e. The van der Waals surface area contributed by atoms with Crippen molar-refractivity contribution in [3.63, 3.8) is 0 Å². The van der Waals surface area contributed by atoms with Gasteiger partial charge >= 0.3 is 0 Å². The third kappa shape index (κ3) is 2.42. The van der Waals surface area contributed by atoms with E-state index >= 15 is 0 Å². The minimum absolute atomic E-state index is 0.187. The highest BCUT2D eigenvalue weighted by molar-refractivity contribution is 9.10. The Hall–Kier alpha value is -1.33. The van der Waals surface area contributed by atoms with Gasteiger partial charge in [-0.05, 0) is 30.3 Å². The Balaban J connectivity index is 2.54. The molecule has 1 N–H and O–H groups in total. The van der Waals surface area contributed by atoms with E-state index in [1.807, 2.05) is 0 Å². The Morgan fingerprint density at radius 2 is 1.56 bits per heavy atom. The summed E-state index contributed by atoms with van der Waals surface area (Å²) in [5, 5.41) is 9.92. The molecule has 1 nitrogen and oxygen atoms in total. The first-order chi connectivity index (χ1) is 8.50. The summed E-state index contributed by atoms with van der Waals surface area (Å²) in [4.78, 5) is 0. The normalized spacial score (nSPS) is 12.5. The first-order valence-electron chi connectivity index (χ1n) is 5.07. The van der Waals surface area contributed by atoms with Gasteiger partial charge in [-0.2, -0.15) is 0 Å². The van der Waals surface area contributed by atoms with Gasteiger partial charge in [-0.25, -0.2) is 13.2 Å². The smallest absolute Gasteiger partial charge is 0.132 e. The number of benzene rings is 2. The van der Waals surface area contributed by atoms with Crippen LogP contribution < -0.4 is 0 Å². The number of hydrogen-bond donors (Lipinski definition) is 1. The number of hydrogen-bond acceptors (Lipinski definition) is 1. The van der Waals surface area contributed by atoms with Crippen LogP contribution in [0.4, 0.5) is 13.2 Å². The van der Waals surface area contributed by atoms with E-state index in [0.29, 0.717) is 4.47 Å². The van der Waals surface area contributed by atoms with Gasteiger partial charge < -0.3 is 5.11 Å². The molecule has 18 heavy (non-hydrogen) atoms. The van der Waals surface area contributed by atoms with E-state index in [1.165, 1.54) is 18.2 Å². The van der Waals surface area contributed by atoms with Crippen LogP contribution in [-0.4, -0.2) is 5.11 Å². The van der Waals surface area contributed by atoms with Crippen LogP contribution >= 0.6 is 15.9 Å². The highest BCUT2D eigenvalue weighted by Crippen LogP contribution is 2.30. The summed E-state index contributed by atoms with van der Waals surface area (Å²) in [5.74, 6) is -2.56. The van der Waals surface area contributed by atoms with Gasteiger partial charge in [0.15, 0.2) is 0 Å². The number of aliphatic hydroxyl groups excluding tert-OH is 1. The zero-order valence-corrected chi connectivity index (χ0v) is 10.6. The first kappa shape index (κ1) is 13.1. The fourth-order valence-electron chi connectivity index (χ4n) is 1.65. The second kappa shape index (κ2) is 5.12. The van der Waals surface area contributed by atoms with Crippen LogP contribution in [0, 0.1) is 17.5 Å². The summed E-state index contributed by atoms with van der Waals surface area (Å²) < 4.78 is 41.0. The number of aliphatic hydroxyl groups is 1. The Bertz CT molecular complexity index is 566. The lowest BCUT2D eigenvalue weighted by Crippen LogP contribution is -2.07. The van der Waals surface area contributed by atoms with Crippen molar-refractivity contribution in [3.05, 3.63) is 69.4 Å². The van der Waals surface area contributed by atoms with E-state index in [0.717, 1.165) is 18.2 Å². The summed E-state index contributed by atoms with van der Waals surface area (Å²) in [6, 6.07) is 7.03. The van der Waals surface area contributed by atoms with Crippen molar-refractivity contribution < 1.29 is 18.3 Å². The van der Waals surface area contributed by atoms with Gasteiger partial charge in [-0.15, -0.1) is 0 Å². The lowest BCUT2D eigenvalue weighted by Gasteiger charge is -2.14. The average Bonchev–Trinajstić information content (AvgIpc) is 2.32. The molecule has 0 aliphatic heterocycles. The van der Waals surface area contributed by atoms with Crippen molar-refractivity contribution in [1.29, 1.82) is 0 Å². The monoisotopic (exact) mass is 316 g/mol. The molecule has 5 heteroatoms. The molecule has 1 atom stereocenters. The highest BCUT2D eigenvalue weighted by Gasteiger charge is 2.22. The SMILES string of the molecule is OC(c1cc(Br)ccc1F)c1c(F)cccc1F. The molecule has 0 heterocycles. The van der Waals surface area contributed by atoms with Crippen LogP contribution in [0.2, 0.25) is 0 Å². The molecule has 0 aliphatic rings. The molecule has 0 fully saturated rings. The maximum atomic E-state index is 13.5. The summed E-state index contributed by atoms with van der Waals surface area (Å²) in [6.45, 7) is 0. The Morgan fingerprint density at radius 1 is 0.944 bits per heavy atom. The molecule has 2 aromatic carbocycles. The standard InChI is InChI=1S/C13H8BrF3O/c14-7-4-5-9(15)8(6-7)13(18)12-10(16)2-1-3-11(12)17/h1-6,13,18H. The zero-order valence-electron chi connectivity index (χ0n) is 9.00. The average molecular weight is 317 g/mol. The number of halogens is 4. The quantitative estimate of drug-likeness (QED) is 0.889. The van der Waals surface area contributed by atoms with Gasteiger partial charge in [0, 0.05) is 10.0 Å². The fraction of sp³-hybridized carbons (Fsp3) is 0.0769. The molecule has 0 bridgehead atoms. The van der Waals surface area contributed by atoms with Gasteiger partial charge in [0.25, 0.3) is 0 Å². The van der Waals surface area contributed by atoms with E-state index in [1.54, 1.807) is 0 Å². The van der Waals surface area contributed by atoms with Gasteiger partial charge in [-0.3, -0.25) is 0 Å². The molecule has 0 aromatic heterocycles. The lowest BCUT2D eigenvalue weighted by atomic mass is 10.00. The predicted molar refractivity (Wildman–Crippen MR) is 64.5 cm³/mol. The zero-order chi connectivity index (χ0) is 13.3. The summed E-state index contributed by atoms with van der Waals surface area (Å²) in [5.41, 5.74) is -0.747. The lowest BCUT2D eigenvalue weighted by molar-refractivity contribution is 0.204. The fourth-order valence-corrected chi connectivity index (χ4v) is 2.03. The van der Waals surface area contributed by atoms with Crippen LogP contribution in [-0.2, 0) is 0 Å². The Labute approximate surface area is 110 Å². The maximum absolute atomic E-state index is 13.5. The molecule has 0 saturated carbocycles. The topological polar surface area (TPSA) is 20.2 Å². The Kier molecular flexibility index (Phi) is 3.73. The van der Waals surface area contributed by atoms with Crippen LogP contribution in [0.25, 0.3) is 0 Å². The molecule has 2 aromatic rings. The van der Waals surface area contributed by atoms with Gasteiger partial charge in [-0.1, -0.05) is 22.0 Å². The van der Waals surface area contributed by atoms with Crippen molar-refractivity contribution >= 4 is 15.9 Å². The maximum Gasteiger partial charge on any atom is 0.132 e. The van der Waals surface area contributed by atoms with Crippen molar-refractivity contribution in [2.75, 3.05) is 0 Å². The van der Waals surface area contributed by atoms with Gasteiger partial charge in [0.05, 0.1) is 5.56 Å². The second-order valence-corrected chi connectivity index (χ2v) is 4.62. The van der Waals surface area contributed by atoms with Crippen molar-refractivity contribution in [1.82, 2.24) is 0 Å². The van der Waals surface area contributed by atoms with Crippen molar-refractivity contribution in [2.24, 2.45) is 0 Å². The number of rotatable bonds is 2. The predicted octanol–water partition coefficient (Wildman–Crippen LogP) is 3.95. The molecular weight excluding hydrogens is 309 g/mol. The third-order valence-corrected chi connectivity index (χ3v) is 3.02. The molecule has 0 saturated heterocycles. The summed E-state index contributed by atoms with van der Waals surface area (Å²) in [6.07, 6.45) is -1.69. The van der Waals surface area contributed by atoms with Crippen molar-refractivity contribution in [3.8, 4) is 0 Å². The van der Waals surface area contributed by atoms with E-state index in [2.05, 4.69) is 15.9 Å². The van der Waals surface area contributed by atoms with Crippen LogP contribution in [0.15, 0.2) is 40.9 Å². The molecule has 0 spiro atoms. The largest absolute Gasteiger partial charge is 0.383 e. The van der Waals surface area contributed by atoms with Gasteiger partial charge in [0.1, 0.15) is 23.6 Å². The second-order valence-electron chi connectivity index (χ2n) is 3.70. The third-order valence-electron chi connectivity index (χ3n) is 2.53. The van der Waals surface area contributed by atoms with E-state index in [9.17, 15) is 18.3 Å². The molecule has 2 rings (SSSR count). The van der Waals surface area contributed by atoms with Crippen LogP contribution in [0.1, 0.15) is 17.2 Å². The summed E-state index contributed by atoms with van der Waals surface area (Å²) in [7, 11) is 0. The van der Waals surface area contributed by atoms with Gasteiger partial charge in [0.2, 0.25) is 0 Å². The minimum atomic E-state index is -1.69. The summed E-state index contributed by atoms with van der Waals surface area (Å²) >= 11 is 3.11.